The number of thiocarbonyl (C=S) groups is 1. The van der Waals surface area contributed by atoms with Gasteiger partial charge in [-0.2, -0.15) is 0 Å². The lowest BCUT2D eigenvalue weighted by atomic mass is 10.2. The Bertz CT molecular complexity index is 358. The Hall–Kier alpha value is -1.51. The Balaban J connectivity index is 2.25. The molecule has 0 atom stereocenters. The predicted molar refractivity (Wildman–Crippen MR) is 62.8 cm³/mol. The van der Waals surface area contributed by atoms with Crippen molar-refractivity contribution >= 4 is 23.3 Å². The van der Waals surface area contributed by atoms with E-state index in [1.807, 2.05) is 30.3 Å². The highest BCUT2D eigenvalue weighted by Crippen LogP contribution is 1.97. The molecule has 1 N–H and O–H groups in total. The molecule has 0 radical (unpaired) electrons. The number of rotatable bonds is 5. The molecule has 1 amide bonds. The number of amides is 1. The van der Waals surface area contributed by atoms with Crippen LogP contribution in [0, 0.1) is 0 Å². The average Bonchev–Trinajstić information content (AvgIpc) is 2.28. The Morgan fingerprint density at radius 3 is 2.80 bits per heavy atom. The number of aliphatic imine (C=N–C) groups is 1. The molecule has 0 bridgehead atoms. The molecule has 0 heterocycles. The molecule has 0 aliphatic carbocycles. The van der Waals surface area contributed by atoms with Crippen molar-refractivity contribution < 1.29 is 4.79 Å². The summed E-state index contributed by atoms with van der Waals surface area (Å²) in [6.45, 7) is 0.963. The normalized spacial score (nSPS) is 9.07. The van der Waals surface area contributed by atoms with E-state index in [1.54, 1.807) is 0 Å². The van der Waals surface area contributed by atoms with Gasteiger partial charge in [0.2, 0.25) is 5.91 Å². The van der Waals surface area contributed by atoms with E-state index in [4.69, 9.17) is 0 Å². The third kappa shape index (κ3) is 5.05. The minimum atomic E-state index is -0.0205. The third-order valence-corrected chi connectivity index (χ3v) is 1.98. The topological polar surface area (TPSA) is 41.5 Å². The van der Waals surface area contributed by atoms with Crippen LogP contribution in [0.15, 0.2) is 35.3 Å². The summed E-state index contributed by atoms with van der Waals surface area (Å²) in [5.41, 5.74) is 1.09. The van der Waals surface area contributed by atoms with Crippen LogP contribution in [0.25, 0.3) is 0 Å². The summed E-state index contributed by atoms with van der Waals surface area (Å²) in [6, 6.07) is 9.76. The molecule has 1 rings (SSSR count). The lowest BCUT2D eigenvalue weighted by molar-refractivity contribution is -0.121. The second-order valence-corrected chi connectivity index (χ2v) is 3.17. The molecule has 78 valence electrons. The summed E-state index contributed by atoms with van der Waals surface area (Å²) in [4.78, 5) is 14.9. The monoisotopic (exact) mass is 220 g/mol. The molecule has 0 fully saturated rings. The van der Waals surface area contributed by atoms with Gasteiger partial charge in [0.1, 0.15) is 0 Å². The van der Waals surface area contributed by atoms with E-state index in [9.17, 15) is 4.79 Å². The fourth-order valence-electron chi connectivity index (χ4n) is 1.09. The Labute approximate surface area is 94.2 Å². The van der Waals surface area contributed by atoms with Crippen molar-refractivity contribution in [3.05, 3.63) is 35.9 Å². The van der Waals surface area contributed by atoms with Gasteiger partial charge in [0.25, 0.3) is 0 Å². The Morgan fingerprint density at radius 1 is 1.40 bits per heavy atom. The number of hydrogen-bond donors (Lipinski definition) is 1. The first-order valence-electron chi connectivity index (χ1n) is 4.67. The van der Waals surface area contributed by atoms with Crippen LogP contribution in [0.5, 0.6) is 0 Å². The fourth-order valence-corrected chi connectivity index (χ4v) is 1.18. The van der Waals surface area contributed by atoms with Gasteiger partial charge in [-0.1, -0.05) is 30.3 Å². The first-order chi connectivity index (χ1) is 7.33. The number of hydrogen-bond acceptors (Lipinski definition) is 3. The van der Waals surface area contributed by atoms with Gasteiger partial charge in [0.05, 0.1) is 11.7 Å². The van der Waals surface area contributed by atoms with E-state index in [2.05, 4.69) is 27.7 Å². The molecule has 0 aliphatic rings. The van der Waals surface area contributed by atoms with E-state index >= 15 is 0 Å². The van der Waals surface area contributed by atoms with Gasteiger partial charge in [-0.05, 0) is 17.8 Å². The molecule has 0 aliphatic heterocycles. The lowest BCUT2D eigenvalue weighted by Crippen LogP contribution is -2.23. The van der Waals surface area contributed by atoms with E-state index in [0.717, 1.165) is 5.56 Å². The summed E-state index contributed by atoms with van der Waals surface area (Å²) >= 11 is 4.40. The highest BCUT2D eigenvalue weighted by molar-refractivity contribution is 7.78. The molecule has 1 aromatic carbocycles. The first kappa shape index (κ1) is 11.6. The number of benzene rings is 1. The highest BCUT2D eigenvalue weighted by atomic mass is 32.1. The number of carbonyl (C=O) groups is 1. The molecular formula is C11H12N2OS. The zero-order chi connectivity index (χ0) is 10.9. The van der Waals surface area contributed by atoms with Crippen LogP contribution < -0.4 is 5.32 Å². The third-order valence-electron chi connectivity index (χ3n) is 1.85. The molecule has 15 heavy (non-hydrogen) atoms. The van der Waals surface area contributed by atoms with Crippen LogP contribution >= 0.6 is 12.2 Å². The van der Waals surface area contributed by atoms with Crippen LogP contribution in [-0.2, 0) is 11.3 Å². The van der Waals surface area contributed by atoms with Gasteiger partial charge in [-0.25, -0.2) is 4.99 Å². The van der Waals surface area contributed by atoms with E-state index in [0.29, 0.717) is 19.5 Å². The predicted octanol–water partition coefficient (Wildman–Crippen LogP) is 1.80. The molecule has 0 saturated carbocycles. The standard InChI is InChI=1S/C11H12N2OS/c14-11(6-7-12-9-15)13-8-10-4-2-1-3-5-10/h1-5H,6-8H2,(H,13,14). The minimum Gasteiger partial charge on any atom is -0.352 e. The molecule has 1 aromatic rings. The van der Waals surface area contributed by atoms with Gasteiger partial charge in [-0.3, -0.25) is 4.79 Å². The van der Waals surface area contributed by atoms with Crippen LogP contribution in [-0.4, -0.2) is 17.6 Å². The van der Waals surface area contributed by atoms with E-state index < -0.39 is 0 Å². The van der Waals surface area contributed by atoms with E-state index in [1.165, 1.54) is 0 Å². The lowest BCUT2D eigenvalue weighted by Gasteiger charge is -2.03. The van der Waals surface area contributed by atoms with Crippen molar-refractivity contribution in [2.75, 3.05) is 6.54 Å². The van der Waals surface area contributed by atoms with E-state index in [-0.39, 0.29) is 5.91 Å². The molecule has 0 unspecified atom stereocenters. The maximum absolute atomic E-state index is 11.3. The Kier molecular flexibility index (Phi) is 5.30. The van der Waals surface area contributed by atoms with Crippen molar-refractivity contribution in [1.29, 1.82) is 0 Å². The van der Waals surface area contributed by atoms with Crippen molar-refractivity contribution in [2.24, 2.45) is 4.99 Å². The summed E-state index contributed by atoms with van der Waals surface area (Å²) in [7, 11) is 0. The minimum absolute atomic E-state index is 0.0205. The zero-order valence-electron chi connectivity index (χ0n) is 8.27. The number of isothiocyanates is 1. The maximum Gasteiger partial charge on any atom is 0.222 e. The zero-order valence-corrected chi connectivity index (χ0v) is 9.09. The molecular weight excluding hydrogens is 208 g/mol. The van der Waals surface area contributed by atoms with Gasteiger partial charge in [-0.15, -0.1) is 0 Å². The quantitative estimate of drug-likeness (QED) is 0.607. The van der Waals surface area contributed by atoms with Gasteiger partial charge in [0, 0.05) is 13.0 Å². The van der Waals surface area contributed by atoms with Crippen LogP contribution in [0.4, 0.5) is 0 Å². The second-order valence-electron chi connectivity index (χ2n) is 2.99. The van der Waals surface area contributed by atoms with Gasteiger partial charge < -0.3 is 5.32 Å². The fraction of sp³-hybridized carbons (Fsp3) is 0.273. The highest BCUT2D eigenvalue weighted by Gasteiger charge is 1.99. The number of nitrogens with one attached hydrogen (secondary N) is 1. The summed E-state index contributed by atoms with van der Waals surface area (Å²) in [5, 5.41) is 5.02. The molecule has 0 saturated heterocycles. The average molecular weight is 220 g/mol. The molecule has 3 nitrogen and oxygen atoms in total. The van der Waals surface area contributed by atoms with Crippen LogP contribution in [0.2, 0.25) is 0 Å². The maximum atomic E-state index is 11.3. The first-order valence-corrected chi connectivity index (χ1v) is 5.08. The van der Waals surface area contributed by atoms with Crippen molar-refractivity contribution in [3.8, 4) is 0 Å². The molecule has 0 spiro atoms. The smallest absolute Gasteiger partial charge is 0.222 e. The number of carbonyl (C=O) groups excluding carboxylic acids is 1. The van der Waals surface area contributed by atoms with Gasteiger partial charge in [0.15, 0.2) is 0 Å². The molecule has 4 heteroatoms. The second kappa shape index (κ2) is 6.87. The summed E-state index contributed by atoms with van der Waals surface area (Å²) in [6.07, 6.45) is 0.358. The van der Waals surface area contributed by atoms with Crippen molar-refractivity contribution in [3.63, 3.8) is 0 Å². The summed E-state index contributed by atoms with van der Waals surface area (Å²) < 4.78 is 0. The number of nitrogens with zero attached hydrogens (tertiary/aromatic N) is 1. The molecule has 0 aromatic heterocycles. The summed E-state index contributed by atoms with van der Waals surface area (Å²) in [5.74, 6) is -0.0205. The van der Waals surface area contributed by atoms with Crippen molar-refractivity contribution in [1.82, 2.24) is 5.32 Å². The van der Waals surface area contributed by atoms with Crippen LogP contribution in [0.1, 0.15) is 12.0 Å². The van der Waals surface area contributed by atoms with Crippen LogP contribution in [0.3, 0.4) is 0 Å². The Morgan fingerprint density at radius 2 is 2.13 bits per heavy atom. The largest absolute Gasteiger partial charge is 0.352 e. The van der Waals surface area contributed by atoms with Gasteiger partial charge >= 0.3 is 0 Å². The van der Waals surface area contributed by atoms with Crippen molar-refractivity contribution in [2.45, 2.75) is 13.0 Å². The SMILES string of the molecule is O=C(CCN=C=S)NCc1ccccc1.